The van der Waals surface area contributed by atoms with Gasteiger partial charge in [-0.05, 0) is 32.0 Å². The minimum absolute atomic E-state index is 0.0107. The Morgan fingerprint density at radius 1 is 1.13 bits per heavy atom. The van der Waals surface area contributed by atoms with Gasteiger partial charge in [0.1, 0.15) is 6.10 Å². The molecule has 1 aromatic rings. The van der Waals surface area contributed by atoms with E-state index in [0.717, 1.165) is 37.3 Å². The number of hydrogen-bond acceptors (Lipinski definition) is 9. The van der Waals surface area contributed by atoms with Crippen LogP contribution in [0.1, 0.15) is 24.8 Å². The van der Waals surface area contributed by atoms with Crippen LogP contribution in [0, 0.1) is 0 Å². The molecule has 0 radical (unpaired) electrons. The predicted molar refractivity (Wildman–Crippen MR) is 107 cm³/mol. The van der Waals surface area contributed by atoms with Crippen molar-refractivity contribution in [3.8, 4) is 23.0 Å². The van der Waals surface area contributed by atoms with E-state index in [9.17, 15) is 0 Å². The van der Waals surface area contributed by atoms with Crippen LogP contribution < -0.4 is 18.9 Å². The molecule has 1 fully saturated rings. The molecule has 0 aromatic heterocycles. The van der Waals surface area contributed by atoms with Gasteiger partial charge in [0.2, 0.25) is 18.3 Å². The van der Waals surface area contributed by atoms with Gasteiger partial charge in [-0.1, -0.05) is 5.16 Å². The first-order valence-corrected chi connectivity index (χ1v) is 9.86. The van der Waals surface area contributed by atoms with Gasteiger partial charge in [0.05, 0.1) is 19.9 Å². The number of methoxy groups -OCH3 is 2. The molecule has 2 N–H and O–H groups in total. The van der Waals surface area contributed by atoms with E-state index in [1.807, 2.05) is 6.07 Å². The van der Waals surface area contributed by atoms with E-state index in [1.165, 1.54) is 12.8 Å². The number of nitrogens with zero attached hydrogens (tertiary/aromatic N) is 2. The Labute approximate surface area is 179 Å². The Balaban J connectivity index is 0.000000401. The quantitative estimate of drug-likeness (QED) is 0.627. The normalized spacial score (nSPS) is 19.2. The standard InChI is InChI=1S/C18H24N2O5.C2H2O4/c1-21-15-8-12(16(22-2)18-17(15)23-11-24-18)7-14-9-13(19-25-14)10-20-5-3-4-6-20;3-1(4)2(5)6/h8,14H,3-7,9-11H2,1-2H3;(H,3,4)(H,5,6). The third kappa shape index (κ3) is 5.48. The highest BCUT2D eigenvalue weighted by Gasteiger charge is 2.30. The lowest BCUT2D eigenvalue weighted by molar-refractivity contribution is -0.159. The number of aliphatic carboxylic acids is 2. The molecule has 1 atom stereocenters. The lowest BCUT2D eigenvalue weighted by Gasteiger charge is -2.16. The summed E-state index contributed by atoms with van der Waals surface area (Å²) in [6, 6.07) is 1.94. The molecule has 3 aliphatic rings. The van der Waals surface area contributed by atoms with Crippen LogP contribution in [0.15, 0.2) is 11.2 Å². The molecule has 0 amide bonds. The third-order valence-corrected chi connectivity index (χ3v) is 5.09. The number of benzene rings is 1. The number of rotatable bonds is 6. The maximum absolute atomic E-state index is 9.10. The fourth-order valence-electron chi connectivity index (χ4n) is 3.73. The second-order valence-corrected chi connectivity index (χ2v) is 7.22. The van der Waals surface area contributed by atoms with E-state index >= 15 is 0 Å². The summed E-state index contributed by atoms with van der Waals surface area (Å²) in [4.78, 5) is 26.3. The van der Waals surface area contributed by atoms with Crippen LogP contribution in [0.25, 0.3) is 0 Å². The summed E-state index contributed by atoms with van der Waals surface area (Å²) in [5, 5.41) is 19.1. The topological polar surface area (TPSA) is 136 Å². The van der Waals surface area contributed by atoms with Gasteiger partial charge in [-0.2, -0.15) is 0 Å². The number of fused-ring (bicyclic) bond motifs is 1. The molecule has 3 heterocycles. The monoisotopic (exact) mass is 438 g/mol. The molecule has 31 heavy (non-hydrogen) atoms. The molecule has 0 saturated carbocycles. The van der Waals surface area contributed by atoms with Crippen LogP contribution in [-0.4, -0.2) is 79.5 Å². The first kappa shape index (κ1) is 22.5. The van der Waals surface area contributed by atoms with Crippen molar-refractivity contribution in [1.82, 2.24) is 4.90 Å². The van der Waals surface area contributed by atoms with Gasteiger partial charge in [-0.3, -0.25) is 4.90 Å². The van der Waals surface area contributed by atoms with Gasteiger partial charge in [-0.25, -0.2) is 9.59 Å². The van der Waals surface area contributed by atoms with Gasteiger partial charge in [0, 0.05) is 24.9 Å². The van der Waals surface area contributed by atoms with Crippen molar-refractivity contribution < 1.29 is 43.6 Å². The molecular formula is C20H26N2O9. The SMILES string of the molecule is COc1cc(CC2CC(CN3CCCC3)=NO2)c(OC)c2c1OCO2.O=C(O)C(=O)O. The van der Waals surface area contributed by atoms with Crippen LogP contribution in [0.5, 0.6) is 23.0 Å². The summed E-state index contributed by atoms with van der Waals surface area (Å²) in [5.41, 5.74) is 2.10. The summed E-state index contributed by atoms with van der Waals surface area (Å²) in [6.45, 7) is 3.42. The molecule has 1 saturated heterocycles. The zero-order chi connectivity index (χ0) is 22.4. The average Bonchev–Trinajstić information content (AvgIpc) is 3.50. The van der Waals surface area contributed by atoms with Gasteiger partial charge in [0.25, 0.3) is 0 Å². The van der Waals surface area contributed by atoms with E-state index in [-0.39, 0.29) is 12.9 Å². The number of likely N-dealkylation sites (tertiary alicyclic amines) is 1. The third-order valence-electron chi connectivity index (χ3n) is 5.09. The smallest absolute Gasteiger partial charge is 0.414 e. The van der Waals surface area contributed by atoms with Crippen LogP contribution in [0.3, 0.4) is 0 Å². The molecule has 1 unspecified atom stereocenters. The van der Waals surface area contributed by atoms with Crippen LogP contribution in [0.2, 0.25) is 0 Å². The maximum Gasteiger partial charge on any atom is 0.414 e. The summed E-state index contributed by atoms with van der Waals surface area (Å²) in [6.07, 6.45) is 4.11. The highest BCUT2D eigenvalue weighted by molar-refractivity contribution is 6.27. The predicted octanol–water partition coefficient (Wildman–Crippen LogP) is 1.37. The number of ether oxygens (including phenoxy) is 4. The molecule has 0 spiro atoms. The van der Waals surface area contributed by atoms with Crippen molar-refractivity contribution in [1.29, 1.82) is 0 Å². The number of carboxylic acids is 2. The Morgan fingerprint density at radius 2 is 1.81 bits per heavy atom. The fourth-order valence-corrected chi connectivity index (χ4v) is 3.73. The zero-order valence-corrected chi connectivity index (χ0v) is 17.5. The van der Waals surface area contributed by atoms with Gasteiger partial charge < -0.3 is 34.0 Å². The lowest BCUT2D eigenvalue weighted by atomic mass is 10.0. The fraction of sp³-hybridized carbons (Fsp3) is 0.550. The number of hydrogen-bond donors (Lipinski definition) is 2. The Hall–Kier alpha value is -3.21. The molecule has 0 aliphatic carbocycles. The largest absolute Gasteiger partial charge is 0.493 e. The molecule has 11 nitrogen and oxygen atoms in total. The molecular weight excluding hydrogens is 412 g/mol. The second kappa shape index (κ2) is 10.2. The first-order chi connectivity index (χ1) is 14.9. The summed E-state index contributed by atoms with van der Waals surface area (Å²) < 4.78 is 22.1. The van der Waals surface area contributed by atoms with Gasteiger partial charge in [0.15, 0.2) is 11.5 Å². The summed E-state index contributed by atoms with van der Waals surface area (Å²) >= 11 is 0. The molecule has 170 valence electrons. The highest BCUT2D eigenvalue weighted by Crippen LogP contribution is 2.49. The number of carbonyl (C=O) groups is 2. The van der Waals surface area contributed by atoms with E-state index in [4.69, 9.17) is 43.6 Å². The minimum Gasteiger partial charge on any atom is -0.493 e. The second-order valence-electron chi connectivity index (χ2n) is 7.22. The molecule has 0 bridgehead atoms. The summed E-state index contributed by atoms with van der Waals surface area (Å²) in [5.74, 6) is -1.11. The van der Waals surface area contributed by atoms with E-state index in [1.54, 1.807) is 14.2 Å². The van der Waals surface area contributed by atoms with Crippen molar-refractivity contribution in [3.05, 3.63) is 11.6 Å². The van der Waals surface area contributed by atoms with Crippen LogP contribution >= 0.6 is 0 Å². The number of oxime groups is 1. The van der Waals surface area contributed by atoms with E-state index in [2.05, 4.69) is 10.1 Å². The van der Waals surface area contributed by atoms with Crippen LogP contribution in [0.4, 0.5) is 0 Å². The molecule has 3 aliphatic heterocycles. The van der Waals surface area contributed by atoms with Gasteiger partial charge >= 0.3 is 11.9 Å². The summed E-state index contributed by atoms with van der Waals surface area (Å²) in [7, 11) is 3.26. The van der Waals surface area contributed by atoms with Crippen molar-refractivity contribution in [2.75, 3.05) is 40.6 Å². The van der Waals surface area contributed by atoms with Crippen molar-refractivity contribution in [3.63, 3.8) is 0 Å². The van der Waals surface area contributed by atoms with Gasteiger partial charge in [-0.15, -0.1) is 0 Å². The minimum atomic E-state index is -1.82. The van der Waals surface area contributed by atoms with Crippen molar-refractivity contribution in [2.45, 2.75) is 31.8 Å². The van der Waals surface area contributed by atoms with E-state index < -0.39 is 11.9 Å². The maximum atomic E-state index is 9.10. The molecule has 11 heteroatoms. The Morgan fingerprint density at radius 3 is 2.42 bits per heavy atom. The Bertz CT molecular complexity index is 838. The van der Waals surface area contributed by atoms with Crippen molar-refractivity contribution in [2.24, 2.45) is 5.16 Å². The average molecular weight is 438 g/mol. The van der Waals surface area contributed by atoms with Crippen LogP contribution in [-0.2, 0) is 20.8 Å². The van der Waals surface area contributed by atoms with E-state index in [0.29, 0.717) is 29.4 Å². The van der Waals surface area contributed by atoms with Crippen molar-refractivity contribution >= 4 is 17.7 Å². The lowest BCUT2D eigenvalue weighted by Crippen LogP contribution is -2.27. The molecule has 1 aromatic carbocycles. The Kier molecular flexibility index (Phi) is 7.40. The molecule has 4 rings (SSSR count). The number of carboxylic acid groups (broad SMARTS) is 2. The first-order valence-electron chi connectivity index (χ1n) is 9.86. The zero-order valence-electron chi connectivity index (χ0n) is 17.5. The highest BCUT2D eigenvalue weighted by atomic mass is 16.7.